The van der Waals surface area contributed by atoms with Gasteiger partial charge in [0.25, 0.3) is 11.8 Å². The molecule has 1 atom stereocenters. The van der Waals surface area contributed by atoms with Crippen molar-refractivity contribution in [2.24, 2.45) is 13.0 Å². The third kappa shape index (κ3) is 5.51. The fourth-order valence-corrected chi connectivity index (χ4v) is 4.63. The lowest BCUT2D eigenvalue weighted by molar-refractivity contribution is 0.0900. The van der Waals surface area contributed by atoms with E-state index in [1.165, 1.54) is 6.20 Å². The van der Waals surface area contributed by atoms with E-state index in [0.717, 1.165) is 27.9 Å². The first-order valence-corrected chi connectivity index (χ1v) is 12.9. The van der Waals surface area contributed by atoms with Gasteiger partial charge >= 0.3 is 0 Å². The van der Waals surface area contributed by atoms with Crippen LogP contribution in [-0.4, -0.2) is 53.5 Å². The molecule has 10 heteroatoms. The molecule has 0 saturated heterocycles. The van der Waals surface area contributed by atoms with Crippen molar-refractivity contribution >= 4 is 28.5 Å². The highest BCUT2D eigenvalue weighted by molar-refractivity contribution is 6.01. The quantitative estimate of drug-likeness (QED) is 0.271. The molecule has 0 aliphatic rings. The van der Waals surface area contributed by atoms with E-state index in [2.05, 4.69) is 31.7 Å². The van der Waals surface area contributed by atoms with E-state index < -0.39 is 0 Å². The number of nitrogens with zero attached hydrogens (tertiary/aromatic N) is 5. The number of fused-ring (bicyclic) bond motifs is 2. The third-order valence-electron chi connectivity index (χ3n) is 6.62. The van der Waals surface area contributed by atoms with Crippen molar-refractivity contribution in [3.05, 3.63) is 84.2 Å². The highest BCUT2D eigenvalue weighted by Crippen LogP contribution is 2.22. The number of rotatable bonds is 9. The average molecular weight is 526 g/mol. The number of carbonyl (C=O) groups is 2. The number of nitrogens with one attached hydrogen (secondary N) is 2. The molecule has 4 heterocycles. The molecule has 0 fully saturated rings. The van der Waals surface area contributed by atoms with Gasteiger partial charge in [-0.3, -0.25) is 19.0 Å². The summed E-state index contributed by atoms with van der Waals surface area (Å²) < 4.78 is 3.56. The second kappa shape index (κ2) is 11.0. The number of amides is 2. The zero-order chi connectivity index (χ0) is 27.5. The zero-order valence-electron chi connectivity index (χ0n) is 22.1. The van der Waals surface area contributed by atoms with Crippen molar-refractivity contribution in [3.63, 3.8) is 0 Å². The van der Waals surface area contributed by atoms with E-state index in [-0.39, 0.29) is 31.0 Å². The summed E-state index contributed by atoms with van der Waals surface area (Å²) in [6.45, 7) is 4.20. The zero-order valence-corrected chi connectivity index (χ0v) is 22.1. The molecule has 200 valence electrons. The van der Waals surface area contributed by atoms with Gasteiger partial charge in [-0.15, -0.1) is 0 Å². The lowest BCUT2D eigenvalue weighted by Gasteiger charge is -2.18. The Morgan fingerprint density at radius 3 is 2.62 bits per heavy atom. The Balaban J connectivity index is 1.27. The van der Waals surface area contributed by atoms with Gasteiger partial charge in [0.2, 0.25) is 0 Å². The number of aliphatic hydroxyl groups is 1. The average Bonchev–Trinajstić information content (AvgIpc) is 3.54. The summed E-state index contributed by atoms with van der Waals surface area (Å²) in [4.78, 5) is 39.2. The van der Waals surface area contributed by atoms with Gasteiger partial charge in [-0.05, 0) is 48.2 Å². The molecule has 39 heavy (non-hydrogen) atoms. The molecule has 3 N–H and O–H groups in total. The molecule has 0 bridgehead atoms. The maximum atomic E-state index is 13.0. The number of aryl methyl sites for hydroxylation is 1. The molecule has 0 spiro atoms. The Kier molecular flexibility index (Phi) is 7.38. The summed E-state index contributed by atoms with van der Waals surface area (Å²) >= 11 is 0. The van der Waals surface area contributed by atoms with E-state index in [1.54, 1.807) is 35.3 Å². The van der Waals surface area contributed by atoms with Crippen LogP contribution in [0.25, 0.3) is 27.9 Å². The van der Waals surface area contributed by atoms with Crippen LogP contribution in [0.3, 0.4) is 0 Å². The number of pyridine rings is 2. The standard InChI is InChI=1S/C29H31N7O3/c1-18(2)11-21(16-37)34-29(39)26-15-31-27-22(5-4-10-36(26)27)28(38)32-14-19-6-8-23(30-13-19)20-7-9-24-25(12-20)35(3)17-33-24/h4-10,12-13,15,17-18,21,37H,11,14,16H2,1-3H3,(H,32,38)(H,34,39)/t21-/m0/s1. The Labute approximate surface area is 225 Å². The van der Waals surface area contributed by atoms with Crippen LogP contribution in [-0.2, 0) is 13.6 Å². The minimum absolute atomic E-state index is 0.149. The minimum Gasteiger partial charge on any atom is -0.394 e. The van der Waals surface area contributed by atoms with Crippen molar-refractivity contribution in [1.29, 1.82) is 0 Å². The largest absolute Gasteiger partial charge is 0.394 e. The Morgan fingerprint density at radius 1 is 1.03 bits per heavy atom. The number of hydrogen-bond donors (Lipinski definition) is 3. The maximum Gasteiger partial charge on any atom is 0.270 e. The fraction of sp³-hybridized carbons (Fsp3) is 0.276. The predicted octanol–water partition coefficient (Wildman–Crippen LogP) is 3.35. The molecule has 0 aliphatic carbocycles. The molecule has 2 amide bonds. The smallest absolute Gasteiger partial charge is 0.270 e. The van der Waals surface area contributed by atoms with Gasteiger partial charge in [0.05, 0.1) is 47.5 Å². The first-order chi connectivity index (χ1) is 18.8. The van der Waals surface area contributed by atoms with Crippen molar-refractivity contribution in [1.82, 2.24) is 34.6 Å². The van der Waals surface area contributed by atoms with Crippen LogP contribution in [0.15, 0.2) is 67.4 Å². The SMILES string of the molecule is CC(C)C[C@@H](CO)NC(=O)c1cnc2c(C(=O)NCc3ccc(-c4ccc5ncn(C)c5c4)nc3)cccn12. The van der Waals surface area contributed by atoms with Crippen molar-refractivity contribution in [3.8, 4) is 11.3 Å². The first kappa shape index (κ1) is 26.1. The summed E-state index contributed by atoms with van der Waals surface area (Å²) in [5.74, 6) is -0.340. The number of aliphatic hydroxyl groups excluding tert-OH is 1. The van der Waals surface area contributed by atoms with Crippen LogP contribution in [0.2, 0.25) is 0 Å². The maximum absolute atomic E-state index is 13.0. The molecule has 0 saturated carbocycles. The normalized spacial score (nSPS) is 12.2. The summed E-state index contributed by atoms with van der Waals surface area (Å²) in [6.07, 6.45) is 7.32. The minimum atomic E-state index is -0.354. The summed E-state index contributed by atoms with van der Waals surface area (Å²) in [5.41, 5.74) is 5.66. The molecule has 0 unspecified atom stereocenters. The van der Waals surface area contributed by atoms with Gasteiger partial charge < -0.3 is 20.3 Å². The summed E-state index contributed by atoms with van der Waals surface area (Å²) in [6, 6.07) is 12.9. The number of aromatic nitrogens is 5. The van der Waals surface area contributed by atoms with Crippen LogP contribution in [0.4, 0.5) is 0 Å². The number of imidazole rings is 2. The molecule has 5 aromatic rings. The van der Waals surface area contributed by atoms with Gasteiger partial charge in [0.15, 0.2) is 0 Å². The van der Waals surface area contributed by atoms with Crippen molar-refractivity contribution in [2.75, 3.05) is 6.61 Å². The van der Waals surface area contributed by atoms with Gasteiger partial charge in [-0.1, -0.05) is 26.0 Å². The van der Waals surface area contributed by atoms with Crippen molar-refractivity contribution in [2.45, 2.75) is 32.9 Å². The molecule has 0 aliphatic heterocycles. The summed E-state index contributed by atoms with van der Waals surface area (Å²) in [5, 5.41) is 15.4. The third-order valence-corrected chi connectivity index (χ3v) is 6.62. The molecular formula is C29H31N7O3. The highest BCUT2D eigenvalue weighted by atomic mass is 16.3. The molecular weight excluding hydrogens is 494 g/mol. The van der Waals surface area contributed by atoms with E-state index in [1.807, 2.05) is 49.7 Å². The molecule has 4 aromatic heterocycles. The van der Waals surface area contributed by atoms with Crippen molar-refractivity contribution < 1.29 is 14.7 Å². The number of benzene rings is 1. The van der Waals surface area contributed by atoms with Crippen LogP contribution in [0.5, 0.6) is 0 Å². The molecule has 1 aromatic carbocycles. The first-order valence-electron chi connectivity index (χ1n) is 12.9. The number of carbonyl (C=O) groups excluding carboxylic acids is 2. The summed E-state index contributed by atoms with van der Waals surface area (Å²) in [7, 11) is 1.96. The van der Waals surface area contributed by atoms with E-state index in [9.17, 15) is 14.7 Å². The second-order valence-corrected chi connectivity index (χ2v) is 10.0. The number of hydrogen-bond acceptors (Lipinski definition) is 6. The monoisotopic (exact) mass is 525 g/mol. The van der Waals surface area contributed by atoms with Gasteiger partial charge in [-0.2, -0.15) is 0 Å². The highest BCUT2D eigenvalue weighted by Gasteiger charge is 2.20. The molecule has 10 nitrogen and oxygen atoms in total. The van der Waals surface area contributed by atoms with Crippen LogP contribution < -0.4 is 10.6 Å². The molecule has 0 radical (unpaired) electrons. The lowest BCUT2D eigenvalue weighted by Crippen LogP contribution is -2.38. The molecule has 5 rings (SSSR count). The van der Waals surface area contributed by atoms with E-state index >= 15 is 0 Å². The fourth-order valence-electron chi connectivity index (χ4n) is 4.63. The predicted molar refractivity (Wildman–Crippen MR) is 148 cm³/mol. The van der Waals surface area contributed by atoms with Crippen LogP contribution >= 0.6 is 0 Å². The van der Waals surface area contributed by atoms with Gasteiger partial charge in [0, 0.05) is 31.5 Å². The Morgan fingerprint density at radius 2 is 1.87 bits per heavy atom. The Hall–Kier alpha value is -4.57. The second-order valence-electron chi connectivity index (χ2n) is 10.0. The van der Waals surface area contributed by atoms with Crippen LogP contribution in [0, 0.1) is 5.92 Å². The topological polar surface area (TPSA) is 126 Å². The Bertz CT molecular complexity index is 1640. The van der Waals surface area contributed by atoms with E-state index in [0.29, 0.717) is 29.2 Å². The van der Waals surface area contributed by atoms with Gasteiger partial charge in [-0.25, -0.2) is 9.97 Å². The van der Waals surface area contributed by atoms with Crippen LogP contribution in [0.1, 0.15) is 46.7 Å². The van der Waals surface area contributed by atoms with E-state index in [4.69, 9.17) is 0 Å². The van der Waals surface area contributed by atoms with Gasteiger partial charge in [0.1, 0.15) is 11.3 Å². The lowest BCUT2D eigenvalue weighted by atomic mass is 10.0.